The zero-order valence-corrected chi connectivity index (χ0v) is 20.9. The average Bonchev–Trinajstić information content (AvgIpc) is 3.78. The van der Waals surface area contributed by atoms with E-state index in [-0.39, 0.29) is 29.3 Å². The van der Waals surface area contributed by atoms with Gasteiger partial charge in [-0.15, -0.1) is 0 Å². The van der Waals surface area contributed by atoms with Gasteiger partial charge in [0.05, 0.1) is 0 Å². The van der Waals surface area contributed by atoms with Crippen molar-refractivity contribution in [2.45, 2.75) is 32.2 Å². The molecule has 0 saturated heterocycles. The molecule has 14 nitrogen and oxygen atoms in total. The van der Waals surface area contributed by atoms with E-state index in [1.54, 1.807) is 6.08 Å². The maximum Gasteiger partial charge on any atom is 0.273 e. The van der Waals surface area contributed by atoms with Gasteiger partial charge in [-0.05, 0) is 12.5 Å². The van der Waals surface area contributed by atoms with E-state index in [0.717, 1.165) is 6.42 Å². The Balaban J connectivity index is 1.25. The molecule has 0 fully saturated rings. The van der Waals surface area contributed by atoms with Gasteiger partial charge in [-0.1, -0.05) is 19.4 Å². The zero-order valence-electron chi connectivity index (χ0n) is 20.9. The van der Waals surface area contributed by atoms with Crippen LogP contribution in [0.2, 0.25) is 0 Å². The van der Waals surface area contributed by atoms with Gasteiger partial charge < -0.3 is 31.8 Å². The van der Waals surface area contributed by atoms with Gasteiger partial charge in [-0.2, -0.15) is 0 Å². The second-order valence-electron chi connectivity index (χ2n) is 8.81. The summed E-state index contributed by atoms with van der Waals surface area (Å²) in [7, 11) is 0. The molecule has 12 bridgehead atoms. The Bertz CT molecular complexity index is 1830. The second kappa shape index (κ2) is 9.65. The molecule has 0 saturated carbocycles. The minimum Gasteiger partial charge on any atom is -0.448 e. The van der Waals surface area contributed by atoms with Gasteiger partial charge in [-0.25, -0.2) is 29.9 Å². The number of nitrogens with zero attached hydrogens (tertiary/aromatic N) is 6. The lowest BCUT2D eigenvalue weighted by molar-refractivity contribution is 0.0922. The van der Waals surface area contributed by atoms with Crippen LogP contribution in [0.4, 0.5) is 0 Å². The number of amides is 1. The number of rotatable bonds is 2. The predicted octanol–water partition coefficient (Wildman–Crippen LogP) is 5.12. The van der Waals surface area contributed by atoms with Crippen molar-refractivity contribution in [1.29, 1.82) is 0 Å². The molecule has 1 aliphatic heterocycles. The molecular formula is C26H19N7O7. The third kappa shape index (κ3) is 4.40. The fraction of sp³-hybridized carbons (Fsp3) is 0.192. The Morgan fingerprint density at radius 1 is 0.700 bits per heavy atom. The molecule has 0 radical (unpaired) electrons. The second-order valence-corrected chi connectivity index (χ2v) is 8.81. The SMILES string of the molecule is CCCC1NC(=O)c2coc(n2)-c2coc(n2)-c2coc(n2)C/C=C/c2coc(n2)-c2coc(n2)-c2coc1n2. The molecule has 7 rings (SSSR count). The first-order chi connectivity index (χ1) is 19.6. The van der Waals surface area contributed by atoms with Crippen LogP contribution >= 0.6 is 0 Å². The number of hydrogen-bond donors (Lipinski definition) is 1. The van der Waals surface area contributed by atoms with Crippen molar-refractivity contribution in [2.24, 2.45) is 0 Å². The Kier molecular flexibility index (Phi) is 5.69. The summed E-state index contributed by atoms with van der Waals surface area (Å²) in [5.74, 6) is 1.06. The van der Waals surface area contributed by atoms with Crippen LogP contribution in [0, 0.1) is 0 Å². The van der Waals surface area contributed by atoms with E-state index >= 15 is 0 Å². The number of carbonyl (C=O) groups excluding carboxylic acids is 1. The maximum atomic E-state index is 13.0. The minimum absolute atomic E-state index is 0.0556. The summed E-state index contributed by atoms with van der Waals surface area (Å²) in [4.78, 5) is 39.4. The molecule has 1 amide bonds. The van der Waals surface area contributed by atoms with Gasteiger partial charge >= 0.3 is 0 Å². The lowest BCUT2D eigenvalue weighted by Gasteiger charge is -2.13. The third-order valence-electron chi connectivity index (χ3n) is 5.98. The number of allylic oxidation sites excluding steroid dienone is 1. The van der Waals surface area contributed by atoms with Crippen molar-refractivity contribution in [3.8, 4) is 46.3 Å². The van der Waals surface area contributed by atoms with E-state index in [1.165, 1.54) is 37.6 Å². The van der Waals surface area contributed by atoms with E-state index in [2.05, 4.69) is 35.2 Å². The third-order valence-corrected chi connectivity index (χ3v) is 5.98. The monoisotopic (exact) mass is 541 g/mol. The summed E-state index contributed by atoms with van der Waals surface area (Å²) in [6.07, 6.45) is 13.7. The molecule has 40 heavy (non-hydrogen) atoms. The highest BCUT2D eigenvalue weighted by Gasteiger charge is 2.25. The van der Waals surface area contributed by atoms with Crippen molar-refractivity contribution < 1.29 is 31.3 Å². The Hall–Kier alpha value is -5.53. The molecule has 1 N–H and O–H groups in total. The molecule has 7 heterocycles. The molecule has 1 unspecified atom stereocenters. The van der Waals surface area contributed by atoms with Crippen LogP contribution in [0.1, 0.15) is 53.8 Å². The van der Waals surface area contributed by atoms with Gasteiger partial charge in [0.1, 0.15) is 49.3 Å². The van der Waals surface area contributed by atoms with E-state index in [4.69, 9.17) is 26.5 Å². The molecule has 1 aliphatic rings. The Morgan fingerprint density at radius 3 is 2.02 bits per heavy atom. The summed E-state index contributed by atoms with van der Waals surface area (Å²) in [6, 6.07) is -0.535. The molecule has 14 heteroatoms. The highest BCUT2D eigenvalue weighted by molar-refractivity contribution is 5.92. The summed E-state index contributed by atoms with van der Waals surface area (Å²) in [5, 5.41) is 2.89. The van der Waals surface area contributed by atoms with Crippen molar-refractivity contribution in [1.82, 2.24) is 35.2 Å². The fourth-order valence-electron chi connectivity index (χ4n) is 4.06. The van der Waals surface area contributed by atoms with Crippen molar-refractivity contribution in [2.75, 3.05) is 0 Å². The van der Waals surface area contributed by atoms with Crippen molar-refractivity contribution >= 4 is 12.0 Å². The summed E-state index contributed by atoms with van der Waals surface area (Å²) >= 11 is 0. The van der Waals surface area contributed by atoms with Crippen molar-refractivity contribution in [3.63, 3.8) is 0 Å². The normalized spacial score (nSPS) is 15.9. The molecule has 6 aromatic rings. The van der Waals surface area contributed by atoms with Gasteiger partial charge in [0.15, 0.2) is 34.4 Å². The molecule has 1 atom stereocenters. The van der Waals surface area contributed by atoms with E-state index < -0.39 is 11.9 Å². The lowest BCUT2D eigenvalue weighted by Crippen LogP contribution is -2.29. The standard InChI is InChI=1S/C26H19N7O7/c1-2-4-14-22-31-19(11-38-22)26-32-17(10-40-26)23-27-13(7-36-23)5-3-6-20-28-16(9-35-20)24-33-18(12-39-24)25-30-15(8-37-25)21(34)29-14/h3,5,7-12,14H,2,4,6H2,1H3,(H,29,34)/b5-3+. The predicted molar refractivity (Wildman–Crippen MR) is 133 cm³/mol. The first-order valence-electron chi connectivity index (χ1n) is 12.3. The van der Waals surface area contributed by atoms with Gasteiger partial charge in [-0.3, -0.25) is 4.79 Å². The maximum absolute atomic E-state index is 13.0. The molecule has 6 aromatic heterocycles. The Labute approximate surface area is 224 Å². The van der Waals surface area contributed by atoms with E-state index in [9.17, 15) is 4.79 Å². The van der Waals surface area contributed by atoms with Crippen LogP contribution in [-0.2, 0) is 6.42 Å². The van der Waals surface area contributed by atoms with Crippen molar-refractivity contribution in [3.05, 3.63) is 66.8 Å². The molecule has 200 valence electrons. The summed E-state index contributed by atoms with van der Waals surface area (Å²) in [6.45, 7) is 1.98. The molecular weight excluding hydrogens is 522 g/mol. The number of hydrogen-bond acceptors (Lipinski definition) is 13. The number of nitrogens with one attached hydrogen (secondary N) is 1. The van der Waals surface area contributed by atoms with Crippen LogP contribution in [0.3, 0.4) is 0 Å². The first-order valence-corrected chi connectivity index (χ1v) is 12.3. The molecule has 0 aromatic carbocycles. The van der Waals surface area contributed by atoms with E-state index in [0.29, 0.717) is 53.1 Å². The fourth-order valence-corrected chi connectivity index (χ4v) is 4.06. The van der Waals surface area contributed by atoms with Gasteiger partial charge in [0.25, 0.3) is 5.91 Å². The smallest absolute Gasteiger partial charge is 0.273 e. The minimum atomic E-state index is -0.535. The van der Waals surface area contributed by atoms with Gasteiger partial charge in [0.2, 0.25) is 29.5 Å². The molecule has 0 aliphatic carbocycles. The van der Waals surface area contributed by atoms with Crippen LogP contribution in [0.25, 0.3) is 52.4 Å². The highest BCUT2D eigenvalue weighted by Crippen LogP contribution is 2.28. The zero-order chi connectivity index (χ0) is 27.1. The number of aromatic nitrogens is 6. The van der Waals surface area contributed by atoms with Gasteiger partial charge in [0, 0.05) is 6.42 Å². The summed E-state index contributed by atoms with van der Waals surface area (Å²) in [5.41, 5.74) is 2.06. The van der Waals surface area contributed by atoms with Crippen LogP contribution in [-0.4, -0.2) is 35.8 Å². The topological polar surface area (TPSA) is 185 Å². The average molecular weight is 541 g/mol. The first kappa shape index (κ1) is 23.6. The number of carbonyl (C=O) groups is 1. The summed E-state index contributed by atoms with van der Waals surface area (Å²) < 4.78 is 33.4. The Morgan fingerprint density at radius 2 is 1.27 bits per heavy atom. The quantitative estimate of drug-likeness (QED) is 0.304. The lowest BCUT2D eigenvalue weighted by atomic mass is 10.1. The van der Waals surface area contributed by atoms with Crippen LogP contribution < -0.4 is 5.32 Å². The number of oxazole rings is 6. The highest BCUT2D eigenvalue weighted by atomic mass is 16.4. The largest absolute Gasteiger partial charge is 0.448 e. The van der Waals surface area contributed by atoms with E-state index in [1.807, 2.05) is 13.0 Å². The molecule has 0 spiro atoms. The number of fused-ring (bicyclic) bond motifs is 16. The van der Waals surface area contributed by atoms with Crippen LogP contribution in [0.5, 0.6) is 0 Å². The van der Waals surface area contributed by atoms with Crippen LogP contribution in [0.15, 0.2) is 70.2 Å².